The van der Waals surface area contributed by atoms with Crippen LogP contribution in [0, 0.1) is 0 Å². The smallest absolute Gasteiger partial charge is 0.266 e. The molecular formula is C22H27O2P. The van der Waals surface area contributed by atoms with Crippen LogP contribution in [0.1, 0.15) is 69.9 Å². The number of rotatable bonds is 1. The molecule has 25 heavy (non-hydrogen) atoms. The fourth-order valence-corrected chi connectivity index (χ4v) is 5.42. The minimum Gasteiger partial charge on any atom is -0.441 e. The Bertz CT molecular complexity index is 826. The zero-order valence-corrected chi connectivity index (χ0v) is 16.4. The van der Waals surface area contributed by atoms with Crippen LogP contribution in [0.2, 0.25) is 0 Å². The maximum absolute atomic E-state index is 12.7. The molecule has 1 aliphatic heterocycles. The van der Waals surface area contributed by atoms with Gasteiger partial charge in [-0.3, -0.25) is 4.57 Å². The van der Waals surface area contributed by atoms with Gasteiger partial charge in [0, 0.05) is 11.1 Å². The molecule has 0 aromatic heterocycles. The number of benzene rings is 2. The van der Waals surface area contributed by atoms with Crippen LogP contribution >= 0.6 is 8.03 Å². The zero-order chi connectivity index (χ0) is 17.6. The fourth-order valence-electron chi connectivity index (χ4n) is 4.23. The zero-order valence-electron chi connectivity index (χ0n) is 15.4. The normalized spacial score (nSPS) is 20.5. The molecule has 2 aromatic rings. The highest BCUT2D eigenvalue weighted by atomic mass is 31.1. The van der Waals surface area contributed by atoms with E-state index in [2.05, 4.69) is 39.0 Å². The molecule has 0 saturated heterocycles. The molecule has 0 bridgehead atoms. The van der Waals surface area contributed by atoms with Gasteiger partial charge < -0.3 is 4.52 Å². The Balaban J connectivity index is 1.94. The van der Waals surface area contributed by atoms with Crippen LogP contribution in [0.15, 0.2) is 36.4 Å². The monoisotopic (exact) mass is 354 g/mol. The van der Waals surface area contributed by atoms with Crippen LogP contribution in [0.25, 0.3) is 11.1 Å². The number of fused-ring (bicyclic) bond motifs is 3. The summed E-state index contributed by atoms with van der Waals surface area (Å²) in [4.78, 5) is 0. The van der Waals surface area contributed by atoms with E-state index in [-0.39, 0.29) is 5.41 Å². The summed E-state index contributed by atoms with van der Waals surface area (Å²) in [6.45, 7) is 6.65. The maximum atomic E-state index is 12.7. The Morgan fingerprint density at radius 2 is 1.72 bits per heavy atom. The summed E-state index contributed by atoms with van der Waals surface area (Å²) in [5.41, 5.74) is 4.81. The molecular weight excluding hydrogens is 327 g/mol. The molecule has 2 aromatic carbocycles. The summed E-state index contributed by atoms with van der Waals surface area (Å²) in [5, 5.41) is 0.862. The molecule has 2 nitrogen and oxygen atoms in total. The number of hydrogen-bond acceptors (Lipinski definition) is 2. The molecule has 0 radical (unpaired) electrons. The van der Waals surface area contributed by atoms with Gasteiger partial charge in [-0.2, -0.15) is 0 Å². The van der Waals surface area contributed by atoms with Crippen LogP contribution in [-0.2, 0) is 9.98 Å². The van der Waals surface area contributed by atoms with Crippen molar-refractivity contribution in [3.8, 4) is 16.9 Å². The van der Waals surface area contributed by atoms with Crippen molar-refractivity contribution < 1.29 is 9.09 Å². The molecule has 2 aliphatic rings. The van der Waals surface area contributed by atoms with E-state index < -0.39 is 8.03 Å². The van der Waals surface area contributed by atoms with Crippen LogP contribution in [0.5, 0.6) is 5.75 Å². The van der Waals surface area contributed by atoms with Gasteiger partial charge in [0.1, 0.15) is 5.75 Å². The minimum absolute atomic E-state index is 0.0385. The van der Waals surface area contributed by atoms with Gasteiger partial charge in [0.05, 0.1) is 5.30 Å². The average Bonchev–Trinajstić information content (AvgIpc) is 2.61. The second kappa shape index (κ2) is 6.32. The van der Waals surface area contributed by atoms with E-state index in [0.717, 1.165) is 22.2 Å². The van der Waals surface area contributed by atoms with Gasteiger partial charge in [0.15, 0.2) is 0 Å². The lowest BCUT2D eigenvalue weighted by Gasteiger charge is -2.31. The van der Waals surface area contributed by atoms with Gasteiger partial charge in [0.2, 0.25) is 0 Å². The van der Waals surface area contributed by atoms with E-state index in [4.69, 9.17) is 4.52 Å². The van der Waals surface area contributed by atoms with E-state index in [1.54, 1.807) is 0 Å². The van der Waals surface area contributed by atoms with Gasteiger partial charge in [-0.25, -0.2) is 0 Å². The molecule has 0 amide bonds. The highest BCUT2D eigenvalue weighted by molar-refractivity contribution is 7.49. The molecule has 1 atom stereocenters. The summed E-state index contributed by atoms with van der Waals surface area (Å²) in [6, 6.07) is 12.7. The number of hydrogen-bond donors (Lipinski definition) is 0. The molecule has 1 unspecified atom stereocenters. The first-order valence-electron chi connectivity index (χ1n) is 9.45. The summed E-state index contributed by atoms with van der Waals surface area (Å²) in [7, 11) is -2.23. The van der Waals surface area contributed by atoms with Crippen molar-refractivity contribution in [3.63, 3.8) is 0 Å². The van der Waals surface area contributed by atoms with E-state index in [1.807, 2.05) is 18.2 Å². The largest absolute Gasteiger partial charge is 0.441 e. The van der Waals surface area contributed by atoms with E-state index in [0.29, 0.717) is 5.92 Å². The van der Waals surface area contributed by atoms with Crippen LogP contribution in [0.4, 0.5) is 0 Å². The first kappa shape index (κ1) is 16.9. The van der Waals surface area contributed by atoms with Gasteiger partial charge in [-0.1, -0.05) is 64.3 Å². The predicted octanol–water partition coefficient (Wildman–Crippen LogP) is 6.19. The van der Waals surface area contributed by atoms with Crippen molar-refractivity contribution in [2.75, 3.05) is 0 Å². The van der Waals surface area contributed by atoms with Crippen molar-refractivity contribution >= 4 is 13.3 Å². The predicted molar refractivity (Wildman–Crippen MR) is 106 cm³/mol. The quantitative estimate of drug-likeness (QED) is 0.571. The summed E-state index contributed by atoms with van der Waals surface area (Å²) < 4.78 is 18.7. The Morgan fingerprint density at radius 1 is 1.00 bits per heavy atom. The average molecular weight is 354 g/mol. The van der Waals surface area contributed by atoms with Gasteiger partial charge in [0.25, 0.3) is 8.03 Å². The SMILES string of the molecule is CC(C)(C)c1cc(C2CCCCC2)cc2c1O[PH](=O)c1ccccc1-2. The third kappa shape index (κ3) is 3.06. The van der Waals surface area contributed by atoms with Crippen molar-refractivity contribution in [1.29, 1.82) is 0 Å². The molecule has 0 N–H and O–H groups in total. The Morgan fingerprint density at radius 3 is 2.44 bits per heavy atom. The van der Waals surface area contributed by atoms with E-state index >= 15 is 0 Å². The highest BCUT2D eigenvalue weighted by Gasteiger charge is 2.31. The third-order valence-corrected chi connectivity index (χ3v) is 6.89. The van der Waals surface area contributed by atoms with Gasteiger partial charge in [-0.05, 0) is 47.4 Å². The summed E-state index contributed by atoms with van der Waals surface area (Å²) >= 11 is 0. The lowest BCUT2D eigenvalue weighted by Crippen LogP contribution is -2.19. The van der Waals surface area contributed by atoms with Crippen molar-refractivity contribution in [2.24, 2.45) is 0 Å². The first-order valence-corrected chi connectivity index (χ1v) is 10.8. The van der Waals surface area contributed by atoms with Crippen LogP contribution < -0.4 is 9.83 Å². The summed E-state index contributed by atoms with van der Waals surface area (Å²) in [5.74, 6) is 1.49. The molecule has 1 heterocycles. The van der Waals surface area contributed by atoms with Crippen LogP contribution in [-0.4, -0.2) is 0 Å². The summed E-state index contributed by atoms with van der Waals surface area (Å²) in [6.07, 6.45) is 6.57. The second-order valence-electron chi connectivity index (χ2n) is 8.47. The Hall–Kier alpha value is -1.53. The highest BCUT2D eigenvalue weighted by Crippen LogP contribution is 2.49. The topological polar surface area (TPSA) is 26.3 Å². The van der Waals surface area contributed by atoms with Crippen molar-refractivity contribution in [2.45, 2.75) is 64.2 Å². The van der Waals surface area contributed by atoms with Gasteiger partial charge in [-0.15, -0.1) is 0 Å². The molecule has 1 aliphatic carbocycles. The van der Waals surface area contributed by atoms with Crippen molar-refractivity contribution in [3.05, 3.63) is 47.5 Å². The lowest BCUT2D eigenvalue weighted by atomic mass is 9.78. The van der Waals surface area contributed by atoms with E-state index in [1.165, 1.54) is 43.2 Å². The van der Waals surface area contributed by atoms with Crippen LogP contribution in [0.3, 0.4) is 0 Å². The van der Waals surface area contributed by atoms with Crippen molar-refractivity contribution in [1.82, 2.24) is 0 Å². The molecule has 4 rings (SSSR count). The third-order valence-electron chi connectivity index (χ3n) is 5.63. The maximum Gasteiger partial charge on any atom is 0.266 e. The molecule has 0 spiro atoms. The fraction of sp³-hybridized carbons (Fsp3) is 0.455. The van der Waals surface area contributed by atoms with Gasteiger partial charge >= 0.3 is 0 Å². The first-order chi connectivity index (χ1) is 11.9. The molecule has 1 fully saturated rings. The Labute approximate surface area is 151 Å². The Kier molecular flexibility index (Phi) is 4.28. The van der Waals surface area contributed by atoms with E-state index in [9.17, 15) is 4.57 Å². The minimum atomic E-state index is -2.23. The molecule has 1 saturated carbocycles. The molecule has 3 heteroatoms. The molecule has 132 valence electrons. The second-order valence-corrected chi connectivity index (χ2v) is 9.78. The lowest BCUT2D eigenvalue weighted by molar-refractivity contribution is 0.441. The standard InChI is InChI=1S/C22H27O2P/c1-22(2,3)19-14-16(15-9-5-4-6-10-15)13-18-17-11-7-8-12-20(17)25(23)24-21(18)19/h7-8,11-15,25H,4-6,9-10H2,1-3H3.